The number of aromatic nitrogens is 6. The van der Waals surface area contributed by atoms with Crippen molar-refractivity contribution in [2.24, 2.45) is 11.8 Å². The van der Waals surface area contributed by atoms with E-state index in [4.69, 9.17) is 9.47 Å². The average Bonchev–Trinajstić information content (AvgIpc) is 4.18. The van der Waals surface area contributed by atoms with E-state index in [1.54, 1.807) is 0 Å². The van der Waals surface area contributed by atoms with Crippen molar-refractivity contribution < 1.29 is 14.3 Å². The predicted octanol–water partition coefficient (Wildman–Crippen LogP) is 9.96. The summed E-state index contributed by atoms with van der Waals surface area (Å²) in [4.78, 5) is 14.8. The molecule has 4 saturated heterocycles. The number of likely N-dealkylation sites (tertiary alicyclic amines) is 1. The molecule has 62 heavy (non-hydrogen) atoms. The smallest absolute Gasteiger partial charge is 0.253 e. The minimum absolute atomic E-state index is 0.0664. The van der Waals surface area contributed by atoms with Crippen LogP contribution in [-0.4, -0.2) is 78.9 Å². The number of ether oxygens (including phenoxy) is 2. The van der Waals surface area contributed by atoms with Crippen molar-refractivity contribution in [3.05, 3.63) is 122 Å². The van der Waals surface area contributed by atoms with Gasteiger partial charge in [0.1, 0.15) is 12.5 Å². The van der Waals surface area contributed by atoms with Gasteiger partial charge in [-0.25, -0.2) is 9.36 Å². The van der Waals surface area contributed by atoms with E-state index in [1.807, 2.05) is 57.0 Å². The van der Waals surface area contributed by atoms with Crippen molar-refractivity contribution in [3.8, 4) is 22.3 Å². The van der Waals surface area contributed by atoms with Crippen LogP contribution in [-0.2, 0) is 22.6 Å². The fourth-order valence-electron chi connectivity index (χ4n) is 9.93. The maximum Gasteiger partial charge on any atom is 0.253 e. The molecule has 0 aliphatic carbocycles. The second-order valence-corrected chi connectivity index (χ2v) is 17.8. The van der Waals surface area contributed by atoms with Crippen molar-refractivity contribution in [1.29, 1.82) is 0 Å². The largest absolute Gasteiger partial charge is 0.357 e. The van der Waals surface area contributed by atoms with Crippen LogP contribution >= 0.6 is 0 Å². The first-order valence-corrected chi connectivity index (χ1v) is 23.2. The number of hydrogen-bond acceptors (Lipinski definition) is 6. The van der Waals surface area contributed by atoms with Crippen molar-refractivity contribution in [1.82, 2.24) is 38.9 Å². The first kappa shape index (κ1) is 40.6. The first-order chi connectivity index (χ1) is 30.6. The topological polar surface area (TPSA) is 96.3 Å². The van der Waals surface area contributed by atoms with Gasteiger partial charge >= 0.3 is 0 Å². The number of nitrogens with zero attached hydrogens (tertiary/aromatic N) is 7. The number of amides is 1. The van der Waals surface area contributed by atoms with Gasteiger partial charge in [0.05, 0.1) is 12.4 Å². The molecule has 4 aliphatic heterocycles. The summed E-state index contributed by atoms with van der Waals surface area (Å²) < 4.78 is 20.5. The summed E-state index contributed by atoms with van der Waals surface area (Å²) in [5.74, 6) is 1.52. The van der Waals surface area contributed by atoms with E-state index in [0.717, 1.165) is 114 Å². The molecule has 0 radical (unpaired) electrons. The van der Waals surface area contributed by atoms with Crippen LogP contribution in [0.5, 0.6) is 0 Å². The Kier molecular flexibility index (Phi) is 12.3. The van der Waals surface area contributed by atoms with Gasteiger partial charge in [0.2, 0.25) is 0 Å². The highest BCUT2D eigenvalue weighted by Crippen LogP contribution is 2.31. The molecule has 3 aromatic carbocycles. The Morgan fingerprint density at radius 3 is 1.65 bits per heavy atom. The standard InChI is InChI=1S/C29H32N4O2.C22H28N4O/c34-29(23-6-2-1-3-7-23)31-14-11-22(12-15-31)20-32-16-13-25-18-24(9-10-27(25)32)26-19-30-33(21-26)28-8-4-5-17-35-28;1-2-12-27-22(3-1)26-16-20(14-24-26)18-4-5-21-19(13-18)8-11-25(21)15-17-6-9-23-10-7-17/h1-3,6-7,9-10,13,16,18-19,21-22,28H,4-5,8,11-12,14-15,17,20H2;4-5,8,11,13-14,16-17,22-23H,1-3,6-7,9-10,12,15H2. The second-order valence-electron chi connectivity index (χ2n) is 17.8. The Bertz CT molecular complexity index is 2540. The zero-order chi connectivity index (χ0) is 41.7. The van der Waals surface area contributed by atoms with E-state index in [0.29, 0.717) is 5.92 Å². The van der Waals surface area contributed by atoms with Crippen LogP contribution in [0.15, 0.2) is 116 Å². The molecule has 4 fully saturated rings. The highest BCUT2D eigenvalue weighted by molar-refractivity contribution is 5.94. The average molecular weight is 833 g/mol. The van der Waals surface area contributed by atoms with Crippen LogP contribution in [0, 0.1) is 11.8 Å². The lowest BCUT2D eigenvalue weighted by Crippen LogP contribution is -2.39. The molecular formula is C51H60N8O3. The quantitative estimate of drug-likeness (QED) is 0.156. The van der Waals surface area contributed by atoms with Crippen molar-refractivity contribution in [2.45, 2.75) is 89.8 Å². The summed E-state index contributed by atoms with van der Waals surface area (Å²) in [5.41, 5.74) is 8.09. The monoisotopic (exact) mass is 832 g/mol. The summed E-state index contributed by atoms with van der Waals surface area (Å²) >= 11 is 0. The Labute approximate surface area is 364 Å². The van der Waals surface area contributed by atoms with Gasteiger partial charge in [-0.3, -0.25) is 4.79 Å². The minimum Gasteiger partial charge on any atom is -0.357 e. The Balaban J connectivity index is 0.000000153. The second kappa shape index (κ2) is 18.9. The number of carbonyl (C=O) groups is 1. The van der Waals surface area contributed by atoms with Gasteiger partial charge in [0.25, 0.3) is 5.91 Å². The molecule has 0 saturated carbocycles. The number of carbonyl (C=O) groups excluding carboxylic acids is 1. The lowest BCUT2D eigenvalue weighted by Gasteiger charge is -2.32. The molecular weight excluding hydrogens is 773 g/mol. The Morgan fingerprint density at radius 1 is 0.597 bits per heavy atom. The third-order valence-corrected chi connectivity index (χ3v) is 13.6. The number of nitrogens with one attached hydrogen (secondary N) is 1. The summed E-state index contributed by atoms with van der Waals surface area (Å²) in [6, 6.07) is 27.5. The lowest BCUT2D eigenvalue weighted by molar-refractivity contribution is -0.0395. The lowest BCUT2D eigenvalue weighted by atomic mass is 9.96. The third kappa shape index (κ3) is 9.16. The minimum atomic E-state index is 0.0664. The summed E-state index contributed by atoms with van der Waals surface area (Å²) in [5, 5.41) is 15.2. The van der Waals surface area contributed by atoms with Crippen molar-refractivity contribution >= 4 is 27.7 Å². The molecule has 322 valence electrons. The summed E-state index contributed by atoms with van der Waals surface area (Å²) in [6.45, 7) is 7.75. The molecule has 1 N–H and O–H groups in total. The van der Waals surface area contributed by atoms with E-state index >= 15 is 0 Å². The van der Waals surface area contributed by atoms with Gasteiger partial charge in [-0.2, -0.15) is 10.2 Å². The summed E-state index contributed by atoms with van der Waals surface area (Å²) in [7, 11) is 0. The summed E-state index contributed by atoms with van der Waals surface area (Å²) in [6.07, 6.45) is 24.2. The van der Waals surface area contributed by atoms with Crippen LogP contribution in [0.4, 0.5) is 0 Å². The maximum absolute atomic E-state index is 12.7. The van der Waals surface area contributed by atoms with E-state index < -0.39 is 0 Å². The third-order valence-electron chi connectivity index (χ3n) is 13.6. The molecule has 11 nitrogen and oxygen atoms in total. The van der Waals surface area contributed by atoms with Gasteiger partial charge in [0.15, 0.2) is 0 Å². The SMILES string of the molecule is O=C(c1ccccc1)N1CCC(Cn2ccc3cc(-c4cnn(C5CCCCO5)c4)ccc32)CC1.c1cc2c(ccn2CC2CCNCC2)cc1-c1cnn(C2CCCCO2)c1. The van der Waals surface area contributed by atoms with Gasteiger partial charge in [-0.05, 0) is 149 Å². The Hall–Kier alpha value is -5.49. The number of benzene rings is 3. The highest BCUT2D eigenvalue weighted by atomic mass is 16.5. The molecule has 7 aromatic rings. The molecule has 2 unspecified atom stereocenters. The molecule has 1 amide bonds. The molecule has 11 rings (SSSR count). The number of fused-ring (bicyclic) bond motifs is 2. The normalized spacial score (nSPS) is 20.4. The maximum atomic E-state index is 12.7. The van der Waals surface area contributed by atoms with Crippen LogP contribution in [0.1, 0.15) is 87.0 Å². The first-order valence-electron chi connectivity index (χ1n) is 23.2. The van der Waals surface area contributed by atoms with Crippen molar-refractivity contribution in [2.75, 3.05) is 39.4 Å². The van der Waals surface area contributed by atoms with E-state index in [-0.39, 0.29) is 18.4 Å². The molecule has 4 aliphatic rings. The molecule has 4 aromatic heterocycles. The fourth-order valence-corrected chi connectivity index (χ4v) is 9.93. The van der Waals surface area contributed by atoms with Gasteiger partial charge < -0.3 is 28.8 Å². The van der Waals surface area contributed by atoms with Gasteiger partial charge in [-0.15, -0.1) is 0 Å². The fraction of sp³-hybridized carbons (Fsp3) is 0.431. The number of hydrogen-bond donors (Lipinski definition) is 1. The predicted molar refractivity (Wildman–Crippen MR) is 245 cm³/mol. The van der Waals surface area contributed by atoms with Gasteiger partial charge in [0, 0.05) is 103 Å². The van der Waals surface area contributed by atoms with Crippen LogP contribution < -0.4 is 5.32 Å². The van der Waals surface area contributed by atoms with Crippen molar-refractivity contribution in [3.63, 3.8) is 0 Å². The highest BCUT2D eigenvalue weighted by Gasteiger charge is 2.25. The molecule has 0 spiro atoms. The zero-order valence-corrected chi connectivity index (χ0v) is 35.9. The Morgan fingerprint density at radius 2 is 1.13 bits per heavy atom. The van der Waals surface area contributed by atoms with E-state index in [2.05, 4.69) is 98.0 Å². The van der Waals surface area contributed by atoms with Gasteiger partial charge in [-0.1, -0.05) is 30.3 Å². The molecule has 11 heteroatoms. The van der Waals surface area contributed by atoms with E-state index in [9.17, 15) is 4.79 Å². The molecule has 8 heterocycles. The molecule has 0 bridgehead atoms. The van der Waals surface area contributed by atoms with E-state index in [1.165, 1.54) is 58.6 Å². The van der Waals surface area contributed by atoms with Crippen LogP contribution in [0.25, 0.3) is 44.1 Å². The van der Waals surface area contributed by atoms with Crippen LogP contribution in [0.3, 0.4) is 0 Å². The molecule has 2 atom stereocenters. The number of rotatable bonds is 9. The zero-order valence-electron chi connectivity index (χ0n) is 35.9. The number of piperidine rings is 2. The van der Waals surface area contributed by atoms with Crippen LogP contribution in [0.2, 0.25) is 0 Å².